The van der Waals surface area contributed by atoms with Crippen LogP contribution in [0.4, 0.5) is 4.39 Å². The molecule has 1 fully saturated rings. The van der Waals surface area contributed by atoms with Crippen LogP contribution >= 0.6 is 24.0 Å². The number of nitrogens with one attached hydrogen (secondary N) is 2. The highest BCUT2D eigenvalue weighted by Crippen LogP contribution is 2.28. The Bertz CT molecular complexity index is 633. The summed E-state index contributed by atoms with van der Waals surface area (Å²) in [6.45, 7) is 3.60. The lowest BCUT2D eigenvalue weighted by Crippen LogP contribution is -2.39. The predicted octanol–water partition coefficient (Wildman–Crippen LogP) is 2.18. The summed E-state index contributed by atoms with van der Waals surface area (Å²) in [5.74, 6) is 0.384. The van der Waals surface area contributed by atoms with Gasteiger partial charge in [-0.15, -0.1) is 24.0 Å². The molecule has 1 aromatic carbocycles. The zero-order chi connectivity index (χ0) is 16.0. The number of halogens is 2. The molecule has 0 aromatic heterocycles. The van der Waals surface area contributed by atoms with Crippen LogP contribution in [-0.2, 0) is 9.84 Å². The van der Waals surface area contributed by atoms with Crippen LogP contribution in [0.2, 0.25) is 0 Å². The van der Waals surface area contributed by atoms with Crippen LogP contribution < -0.4 is 10.6 Å². The van der Waals surface area contributed by atoms with E-state index in [0.29, 0.717) is 18.4 Å². The SMILES string of the molecule is CCNC(=NCC1CC1)NCCS(=O)(=O)c1ccccc1F.I. The molecule has 1 aromatic rings. The van der Waals surface area contributed by atoms with Crippen LogP contribution in [0.15, 0.2) is 34.2 Å². The Morgan fingerprint density at radius 2 is 2.00 bits per heavy atom. The van der Waals surface area contributed by atoms with Crippen molar-refractivity contribution in [3.05, 3.63) is 30.1 Å². The smallest absolute Gasteiger partial charge is 0.191 e. The van der Waals surface area contributed by atoms with Crippen LogP contribution in [0.25, 0.3) is 0 Å². The lowest BCUT2D eigenvalue weighted by molar-refractivity contribution is 0.566. The average molecular weight is 455 g/mol. The van der Waals surface area contributed by atoms with Gasteiger partial charge < -0.3 is 10.6 Å². The van der Waals surface area contributed by atoms with Gasteiger partial charge in [0.15, 0.2) is 15.8 Å². The van der Waals surface area contributed by atoms with Crippen molar-refractivity contribution in [2.45, 2.75) is 24.7 Å². The van der Waals surface area contributed by atoms with Gasteiger partial charge in [-0.1, -0.05) is 12.1 Å². The third kappa shape index (κ3) is 6.62. The van der Waals surface area contributed by atoms with Crippen molar-refractivity contribution < 1.29 is 12.8 Å². The van der Waals surface area contributed by atoms with Crippen LogP contribution in [0.1, 0.15) is 19.8 Å². The fraction of sp³-hybridized carbons (Fsp3) is 0.533. The van der Waals surface area contributed by atoms with Gasteiger partial charge in [0.25, 0.3) is 0 Å². The maximum absolute atomic E-state index is 13.6. The number of hydrogen-bond donors (Lipinski definition) is 2. The molecular weight excluding hydrogens is 432 g/mol. The lowest BCUT2D eigenvalue weighted by Gasteiger charge is -2.11. The molecule has 1 aliphatic rings. The summed E-state index contributed by atoms with van der Waals surface area (Å²) in [6.07, 6.45) is 2.43. The minimum atomic E-state index is -3.64. The van der Waals surface area contributed by atoms with Crippen molar-refractivity contribution in [2.75, 3.05) is 25.4 Å². The lowest BCUT2D eigenvalue weighted by atomic mass is 10.3. The number of benzene rings is 1. The molecule has 0 heterocycles. The van der Waals surface area contributed by atoms with Crippen molar-refractivity contribution in [1.29, 1.82) is 0 Å². The van der Waals surface area contributed by atoms with E-state index in [9.17, 15) is 12.8 Å². The molecule has 0 saturated heterocycles. The van der Waals surface area contributed by atoms with E-state index in [1.54, 1.807) is 0 Å². The Morgan fingerprint density at radius 3 is 2.61 bits per heavy atom. The normalized spacial score (nSPS) is 15.0. The second kappa shape index (κ2) is 9.41. The van der Waals surface area contributed by atoms with Crippen molar-refractivity contribution in [2.24, 2.45) is 10.9 Å². The fourth-order valence-electron chi connectivity index (χ4n) is 1.97. The number of hydrogen-bond acceptors (Lipinski definition) is 3. The van der Waals surface area contributed by atoms with Crippen LogP contribution in [0.3, 0.4) is 0 Å². The molecule has 0 aliphatic heterocycles. The summed E-state index contributed by atoms with van der Waals surface area (Å²) in [7, 11) is -3.64. The molecule has 0 bridgehead atoms. The first kappa shape index (κ1) is 20.1. The van der Waals surface area contributed by atoms with Gasteiger partial charge in [-0.2, -0.15) is 0 Å². The van der Waals surface area contributed by atoms with E-state index in [1.165, 1.54) is 31.0 Å². The quantitative estimate of drug-likeness (QED) is 0.376. The third-order valence-electron chi connectivity index (χ3n) is 3.38. The second-order valence-electron chi connectivity index (χ2n) is 5.34. The monoisotopic (exact) mass is 455 g/mol. The highest BCUT2D eigenvalue weighted by molar-refractivity contribution is 14.0. The molecule has 1 saturated carbocycles. The Labute approximate surface area is 154 Å². The first-order valence-corrected chi connectivity index (χ1v) is 9.17. The van der Waals surface area contributed by atoms with Crippen LogP contribution in [0.5, 0.6) is 0 Å². The summed E-state index contributed by atoms with van der Waals surface area (Å²) in [5.41, 5.74) is 0. The molecule has 0 unspecified atom stereocenters. The summed E-state index contributed by atoms with van der Waals surface area (Å²) >= 11 is 0. The highest BCUT2D eigenvalue weighted by Gasteiger charge is 2.21. The van der Waals surface area contributed by atoms with Crippen LogP contribution in [-0.4, -0.2) is 39.8 Å². The molecule has 1 aliphatic carbocycles. The Kier molecular flexibility index (Phi) is 8.24. The molecule has 0 atom stereocenters. The van der Waals surface area contributed by atoms with E-state index in [1.807, 2.05) is 6.92 Å². The molecule has 0 radical (unpaired) electrons. The van der Waals surface area contributed by atoms with Gasteiger partial charge in [0.2, 0.25) is 0 Å². The maximum Gasteiger partial charge on any atom is 0.191 e. The van der Waals surface area contributed by atoms with Crippen LogP contribution in [0, 0.1) is 11.7 Å². The summed E-state index contributed by atoms with van der Waals surface area (Å²) in [6, 6.07) is 5.43. The Hall–Kier alpha value is -0.900. The molecule has 0 amide bonds. The van der Waals surface area contributed by atoms with E-state index in [4.69, 9.17) is 0 Å². The maximum atomic E-state index is 13.6. The molecule has 23 heavy (non-hydrogen) atoms. The Morgan fingerprint density at radius 1 is 1.30 bits per heavy atom. The molecule has 8 heteroatoms. The summed E-state index contributed by atoms with van der Waals surface area (Å²) in [5, 5.41) is 6.06. The van der Waals surface area contributed by atoms with Gasteiger partial charge in [-0.3, -0.25) is 4.99 Å². The van der Waals surface area contributed by atoms with E-state index < -0.39 is 15.7 Å². The zero-order valence-electron chi connectivity index (χ0n) is 13.1. The number of aliphatic imine (C=N–C) groups is 1. The van der Waals surface area contributed by atoms with E-state index in [-0.39, 0.29) is 41.2 Å². The average Bonchev–Trinajstić information content (AvgIpc) is 3.29. The number of sulfone groups is 1. The number of rotatable bonds is 7. The summed E-state index contributed by atoms with van der Waals surface area (Å²) in [4.78, 5) is 4.16. The van der Waals surface area contributed by atoms with E-state index >= 15 is 0 Å². The highest BCUT2D eigenvalue weighted by atomic mass is 127. The molecule has 2 rings (SSSR count). The molecule has 0 spiro atoms. The van der Waals surface area contributed by atoms with Gasteiger partial charge in [0, 0.05) is 19.6 Å². The topological polar surface area (TPSA) is 70.6 Å². The van der Waals surface area contributed by atoms with Gasteiger partial charge in [0.1, 0.15) is 10.7 Å². The largest absolute Gasteiger partial charge is 0.357 e. The molecule has 5 nitrogen and oxygen atoms in total. The third-order valence-corrected chi connectivity index (χ3v) is 5.13. The molecule has 130 valence electrons. The van der Waals surface area contributed by atoms with Gasteiger partial charge in [0.05, 0.1) is 5.75 Å². The van der Waals surface area contributed by atoms with Gasteiger partial charge >= 0.3 is 0 Å². The molecule has 2 N–H and O–H groups in total. The van der Waals surface area contributed by atoms with Crippen molar-refractivity contribution in [3.63, 3.8) is 0 Å². The standard InChI is InChI=1S/C15H22FN3O2S.HI/c1-2-17-15(19-11-12-7-8-12)18-9-10-22(20,21)14-6-4-3-5-13(14)16;/h3-6,12H,2,7-11H2,1H3,(H2,17,18,19);1H. The minimum absolute atomic E-state index is 0. The Balaban J connectivity index is 0.00000264. The van der Waals surface area contributed by atoms with E-state index in [2.05, 4.69) is 15.6 Å². The molecular formula is C15H23FIN3O2S. The van der Waals surface area contributed by atoms with Crippen molar-refractivity contribution in [1.82, 2.24) is 10.6 Å². The first-order chi connectivity index (χ1) is 10.5. The number of nitrogens with zero attached hydrogens (tertiary/aromatic N) is 1. The van der Waals surface area contributed by atoms with Crippen molar-refractivity contribution in [3.8, 4) is 0 Å². The summed E-state index contributed by atoms with van der Waals surface area (Å²) < 4.78 is 37.8. The number of guanidine groups is 1. The van der Waals surface area contributed by atoms with Gasteiger partial charge in [-0.05, 0) is 37.8 Å². The van der Waals surface area contributed by atoms with Crippen molar-refractivity contribution >= 4 is 39.8 Å². The first-order valence-electron chi connectivity index (χ1n) is 7.52. The zero-order valence-corrected chi connectivity index (χ0v) is 16.2. The predicted molar refractivity (Wildman–Crippen MR) is 101 cm³/mol. The fourth-order valence-corrected chi connectivity index (χ4v) is 3.22. The second-order valence-corrected chi connectivity index (χ2v) is 7.42. The van der Waals surface area contributed by atoms with E-state index in [0.717, 1.165) is 12.6 Å². The minimum Gasteiger partial charge on any atom is -0.357 e. The van der Waals surface area contributed by atoms with Gasteiger partial charge in [-0.25, -0.2) is 12.8 Å².